The minimum Gasteiger partial charge on any atom is -0.491 e. The zero-order chi connectivity index (χ0) is 20.2. The van der Waals surface area contributed by atoms with E-state index in [2.05, 4.69) is 24.1 Å². The summed E-state index contributed by atoms with van der Waals surface area (Å²) in [6.07, 6.45) is 1.34. The van der Waals surface area contributed by atoms with E-state index in [1.165, 1.54) is 0 Å². The second-order valence-electron chi connectivity index (χ2n) is 7.76. The van der Waals surface area contributed by atoms with E-state index in [1.54, 1.807) is 12.3 Å². The molecule has 0 aliphatic rings. The number of amides is 1. The van der Waals surface area contributed by atoms with Gasteiger partial charge in [0.1, 0.15) is 18.2 Å². The highest BCUT2D eigenvalue weighted by Crippen LogP contribution is 2.32. The maximum absolute atomic E-state index is 10.8. The van der Waals surface area contributed by atoms with E-state index in [4.69, 9.17) is 15.6 Å². The summed E-state index contributed by atoms with van der Waals surface area (Å²) in [6, 6.07) is 7.49. The topological polar surface area (TPSA) is 97.5 Å². The van der Waals surface area contributed by atoms with Gasteiger partial charge < -0.3 is 15.6 Å². The summed E-state index contributed by atoms with van der Waals surface area (Å²) in [6.45, 7) is 10.8. The molecule has 1 heterocycles. The van der Waals surface area contributed by atoms with Gasteiger partial charge in [-0.1, -0.05) is 19.9 Å². The summed E-state index contributed by atoms with van der Waals surface area (Å²) in [4.78, 5) is 14.8. The predicted molar refractivity (Wildman–Crippen MR) is 108 cm³/mol. The molecule has 1 aromatic heterocycles. The van der Waals surface area contributed by atoms with Gasteiger partial charge in [-0.05, 0) is 73.6 Å². The average Bonchev–Trinajstić information content (AvgIpc) is 2.54. The third-order valence-corrected chi connectivity index (χ3v) is 4.48. The van der Waals surface area contributed by atoms with Gasteiger partial charge in [0, 0.05) is 11.7 Å². The molecule has 0 saturated heterocycles. The molecule has 6 nitrogen and oxygen atoms in total. The maximum Gasteiger partial charge on any atom is 0.410 e. The van der Waals surface area contributed by atoms with Crippen molar-refractivity contribution in [1.82, 2.24) is 4.98 Å². The quantitative estimate of drug-likeness (QED) is 0.661. The van der Waals surface area contributed by atoms with E-state index in [9.17, 15) is 4.79 Å². The Hall–Kier alpha value is -2.60. The van der Waals surface area contributed by atoms with Crippen LogP contribution < -0.4 is 15.8 Å². The lowest BCUT2D eigenvalue weighted by atomic mass is 9.92. The van der Waals surface area contributed by atoms with Crippen LogP contribution in [-0.2, 0) is 0 Å². The van der Waals surface area contributed by atoms with Crippen molar-refractivity contribution in [3.8, 4) is 16.9 Å². The van der Waals surface area contributed by atoms with Crippen LogP contribution in [0.15, 0.2) is 30.5 Å². The normalized spacial score (nSPS) is 13.3. The molecule has 1 atom stereocenters. The molecular formula is C21H29N3O3. The van der Waals surface area contributed by atoms with Crippen molar-refractivity contribution >= 4 is 11.9 Å². The minimum atomic E-state index is -1.14. The number of carbonyl (C=O) groups is 1. The fraction of sp³-hybridized carbons (Fsp3) is 0.429. The zero-order valence-electron chi connectivity index (χ0n) is 16.7. The van der Waals surface area contributed by atoms with Crippen molar-refractivity contribution in [2.24, 2.45) is 11.7 Å². The number of aromatic nitrogens is 1. The number of anilines is 1. The summed E-state index contributed by atoms with van der Waals surface area (Å²) in [5, 5.41) is 11.1. The summed E-state index contributed by atoms with van der Waals surface area (Å²) < 4.78 is 6.02. The molecule has 27 heavy (non-hydrogen) atoms. The lowest BCUT2D eigenvalue weighted by Crippen LogP contribution is -2.43. The number of hydrogen-bond acceptors (Lipinski definition) is 4. The Morgan fingerprint density at radius 2 is 2.00 bits per heavy atom. The van der Waals surface area contributed by atoms with Crippen molar-refractivity contribution in [2.75, 3.05) is 11.9 Å². The van der Waals surface area contributed by atoms with E-state index in [-0.39, 0.29) is 5.54 Å². The van der Waals surface area contributed by atoms with Crippen molar-refractivity contribution in [1.29, 1.82) is 0 Å². The number of ether oxygens (including phenoxy) is 1. The number of nitrogens with zero attached hydrogens (tertiary/aromatic N) is 1. The molecule has 0 fully saturated rings. The van der Waals surface area contributed by atoms with Gasteiger partial charge in [0.05, 0.1) is 0 Å². The van der Waals surface area contributed by atoms with E-state index >= 15 is 0 Å². The Labute approximate surface area is 160 Å². The first-order valence-corrected chi connectivity index (χ1v) is 9.07. The van der Waals surface area contributed by atoms with Crippen LogP contribution in [-0.4, -0.2) is 28.3 Å². The smallest absolute Gasteiger partial charge is 0.410 e. The first kappa shape index (κ1) is 20.7. The van der Waals surface area contributed by atoms with Gasteiger partial charge in [0.2, 0.25) is 0 Å². The van der Waals surface area contributed by atoms with Crippen molar-refractivity contribution in [3.63, 3.8) is 0 Å². The largest absolute Gasteiger partial charge is 0.491 e. The van der Waals surface area contributed by atoms with Gasteiger partial charge in [0.25, 0.3) is 0 Å². The van der Waals surface area contributed by atoms with Gasteiger partial charge in [0.15, 0.2) is 0 Å². The first-order valence-electron chi connectivity index (χ1n) is 9.07. The fourth-order valence-corrected chi connectivity index (χ4v) is 3.28. The molecule has 0 radical (unpaired) electrons. The number of pyridine rings is 1. The fourth-order valence-electron chi connectivity index (χ4n) is 3.28. The molecule has 4 N–H and O–H groups in total. The van der Waals surface area contributed by atoms with Crippen LogP contribution in [0.2, 0.25) is 0 Å². The highest BCUT2D eigenvalue weighted by atomic mass is 16.5. The number of carboxylic acid groups (broad SMARTS) is 1. The first-order chi connectivity index (χ1) is 12.6. The standard InChI is InChI=1S/C21H29N3O3/c1-13(2)11-21(5,22)12-27-18-7-6-17(14(3)15(18)4)16-8-9-23-19(10-16)24-20(25)26/h6-10,13H,11-12,22H2,1-5H3,(H,23,24)(H,25,26). The minimum absolute atomic E-state index is 0.296. The summed E-state index contributed by atoms with van der Waals surface area (Å²) in [7, 11) is 0. The Bertz CT molecular complexity index is 816. The predicted octanol–water partition coefficient (Wildman–Crippen LogP) is 4.60. The van der Waals surface area contributed by atoms with Crippen LogP contribution in [0.5, 0.6) is 5.75 Å². The molecule has 1 amide bonds. The molecule has 2 rings (SSSR count). The third kappa shape index (κ3) is 5.69. The molecule has 2 aromatic rings. The molecule has 6 heteroatoms. The van der Waals surface area contributed by atoms with Crippen molar-refractivity contribution in [3.05, 3.63) is 41.6 Å². The van der Waals surface area contributed by atoms with Gasteiger partial charge >= 0.3 is 6.09 Å². The van der Waals surface area contributed by atoms with Crippen LogP contribution in [0.1, 0.15) is 38.3 Å². The zero-order valence-corrected chi connectivity index (χ0v) is 16.7. The Balaban J connectivity index is 2.23. The van der Waals surface area contributed by atoms with E-state index in [1.807, 2.05) is 39.0 Å². The molecule has 0 saturated carbocycles. The molecule has 0 bridgehead atoms. The molecule has 0 aliphatic heterocycles. The van der Waals surface area contributed by atoms with Crippen molar-refractivity contribution in [2.45, 2.75) is 46.6 Å². The molecule has 0 spiro atoms. The average molecular weight is 371 g/mol. The lowest BCUT2D eigenvalue weighted by molar-refractivity contribution is 0.205. The van der Waals surface area contributed by atoms with Gasteiger partial charge in [-0.15, -0.1) is 0 Å². The van der Waals surface area contributed by atoms with E-state index in [0.29, 0.717) is 18.3 Å². The number of hydrogen-bond donors (Lipinski definition) is 3. The Morgan fingerprint density at radius 3 is 2.63 bits per heavy atom. The summed E-state index contributed by atoms with van der Waals surface area (Å²) in [5.74, 6) is 1.62. The van der Waals surface area contributed by atoms with Gasteiger partial charge in [-0.25, -0.2) is 9.78 Å². The number of nitrogens with two attached hydrogens (primary N) is 1. The lowest BCUT2D eigenvalue weighted by Gasteiger charge is -2.27. The van der Waals surface area contributed by atoms with Crippen LogP contribution >= 0.6 is 0 Å². The van der Waals surface area contributed by atoms with Crippen molar-refractivity contribution < 1.29 is 14.6 Å². The van der Waals surface area contributed by atoms with Gasteiger partial charge in [-0.3, -0.25) is 5.32 Å². The van der Waals surface area contributed by atoms with Crippen LogP contribution in [0, 0.1) is 19.8 Å². The summed E-state index contributed by atoms with van der Waals surface area (Å²) >= 11 is 0. The second kappa shape index (κ2) is 8.39. The highest BCUT2D eigenvalue weighted by Gasteiger charge is 2.22. The number of rotatable bonds is 7. The second-order valence-corrected chi connectivity index (χ2v) is 7.76. The molecular weight excluding hydrogens is 342 g/mol. The molecule has 0 aliphatic carbocycles. The van der Waals surface area contributed by atoms with Crippen LogP contribution in [0.3, 0.4) is 0 Å². The summed E-state index contributed by atoms with van der Waals surface area (Å²) in [5.41, 5.74) is 9.98. The maximum atomic E-state index is 10.8. The monoisotopic (exact) mass is 371 g/mol. The highest BCUT2D eigenvalue weighted by molar-refractivity contribution is 5.83. The third-order valence-electron chi connectivity index (χ3n) is 4.48. The van der Waals surface area contributed by atoms with Crippen LogP contribution in [0.25, 0.3) is 11.1 Å². The molecule has 1 aromatic carbocycles. The molecule has 1 unspecified atom stereocenters. The SMILES string of the molecule is Cc1c(OCC(C)(N)CC(C)C)ccc(-c2ccnc(NC(=O)O)c2)c1C. The number of nitrogens with one attached hydrogen (secondary N) is 1. The Kier molecular flexibility index (Phi) is 6.44. The van der Waals surface area contributed by atoms with Gasteiger partial charge in [-0.2, -0.15) is 0 Å². The molecule has 146 valence electrons. The van der Waals surface area contributed by atoms with E-state index < -0.39 is 6.09 Å². The van der Waals surface area contributed by atoms with Crippen LogP contribution in [0.4, 0.5) is 10.6 Å². The number of benzene rings is 1. The Morgan fingerprint density at radius 1 is 1.30 bits per heavy atom. The van der Waals surface area contributed by atoms with E-state index in [0.717, 1.165) is 34.4 Å².